The van der Waals surface area contributed by atoms with Crippen molar-refractivity contribution in [3.8, 4) is 23.3 Å². The van der Waals surface area contributed by atoms with Crippen LogP contribution in [0.3, 0.4) is 0 Å². The van der Waals surface area contributed by atoms with Gasteiger partial charge in [-0.25, -0.2) is 0 Å². The Morgan fingerprint density at radius 2 is 1.74 bits per heavy atom. The molecule has 0 saturated heterocycles. The molecule has 38 heavy (non-hydrogen) atoms. The zero-order valence-electron chi connectivity index (χ0n) is 21.8. The molecule has 2 aliphatic carbocycles. The number of ketones is 1. The molecule has 11 heteroatoms. The molecule has 0 bridgehead atoms. The van der Waals surface area contributed by atoms with Crippen LogP contribution < -0.4 is 24.8 Å². The Morgan fingerprint density at radius 1 is 1.03 bits per heavy atom. The summed E-state index contributed by atoms with van der Waals surface area (Å²) in [5, 5.41) is 20.4. The Bertz CT molecular complexity index is 1340. The Labute approximate surface area is 230 Å². The number of nitrogens with two attached hydrogens (primary N) is 1. The molecule has 0 spiro atoms. The number of ether oxygens (including phenoxy) is 3. The highest BCUT2D eigenvalue weighted by Gasteiger charge is 2.42. The number of hydrogen-bond acceptors (Lipinski definition) is 11. The normalized spacial score (nSPS) is 20.3. The van der Waals surface area contributed by atoms with Crippen molar-refractivity contribution < 1.29 is 19.0 Å². The maximum absolute atomic E-state index is 13.5. The van der Waals surface area contributed by atoms with E-state index in [4.69, 9.17) is 19.9 Å². The number of allylic oxidation sites excluding steroid dienone is 3. The smallest absolute Gasteiger partial charge is 0.219 e. The van der Waals surface area contributed by atoms with Crippen LogP contribution in [-0.4, -0.2) is 42.6 Å². The van der Waals surface area contributed by atoms with Crippen LogP contribution in [0.4, 0.5) is 5.13 Å². The minimum Gasteiger partial charge on any atom is -0.496 e. The van der Waals surface area contributed by atoms with E-state index in [9.17, 15) is 10.1 Å². The minimum atomic E-state index is -0.696. The number of benzene rings is 1. The number of Topliss-reactive ketones (excluding diaryl/α,β-unsaturated/α-hetero) is 1. The number of carbonyl (C=O) groups is 1. The van der Waals surface area contributed by atoms with E-state index < -0.39 is 5.92 Å². The van der Waals surface area contributed by atoms with Gasteiger partial charge >= 0.3 is 0 Å². The van der Waals surface area contributed by atoms with Gasteiger partial charge in [0.25, 0.3) is 0 Å². The molecule has 1 unspecified atom stereocenters. The van der Waals surface area contributed by atoms with Gasteiger partial charge in [-0.15, -0.1) is 10.2 Å². The van der Waals surface area contributed by atoms with E-state index in [0.29, 0.717) is 58.0 Å². The zero-order chi connectivity index (χ0) is 26.8. The molecule has 200 valence electrons. The van der Waals surface area contributed by atoms with Crippen molar-refractivity contribution in [2.24, 2.45) is 5.73 Å². The summed E-state index contributed by atoms with van der Waals surface area (Å²) in [5.41, 5.74) is 8.93. The van der Waals surface area contributed by atoms with E-state index in [-0.39, 0.29) is 17.2 Å². The van der Waals surface area contributed by atoms with Gasteiger partial charge in [0.2, 0.25) is 5.13 Å². The third-order valence-corrected chi connectivity index (χ3v) is 9.70. The molecule has 5 rings (SSSR count). The zero-order valence-corrected chi connectivity index (χ0v) is 23.4. The summed E-state index contributed by atoms with van der Waals surface area (Å²) in [6.07, 6.45) is 7.88. The van der Waals surface area contributed by atoms with Crippen molar-refractivity contribution in [3.63, 3.8) is 0 Å². The first-order chi connectivity index (χ1) is 18.5. The lowest BCUT2D eigenvalue weighted by Crippen LogP contribution is -2.38. The van der Waals surface area contributed by atoms with E-state index in [0.717, 1.165) is 10.0 Å². The summed E-state index contributed by atoms with van der Waals surface area (Å²) < 4.78 is 17.6. The number of methoxy groups -OCH3 is 3. The SMILES string of the molecule is COc1cc(OC)c(C2C(C#N)=C(N)N(c3nnc(SC4CCCCC4)s3)C3=C2C(=O)CCC3)cc1OC. The molecule has 1 aromatic heterocycles. The molecule has 9 nitrogen and oxygen atoms in total. The van der Waals surface area contributed by atoms with Crippen LogP contribution in [0.25, 0.3) is 0 Å². The second-order valence-corrected chi connectivity index (χ2v) is 12.0. The number of hydrogen-bond donors (Lipinski definition) is 1. The number of nitrogens with zero attached hydrogens (tertiary/aromatic N) is 4. The molecule has 3 aliphatic rings. The maximum atomic E-state index is 13.5. The summed E-state index contributed by atoms with van der Waals surface area (Å²) in [6, 6.07) is 5.77. The third kappa shape index (κ3) is 4.71. The van der Waals surface area contributed by atoms with E-state index in [1.165, 1.54) is 43.4 Å². The van der Waals surface area contributed by atoms with Gasteiger partial charge in [0.05, 0.1) is 38.9 Å². The van der Waals surface area contributed by atoms with E-state index in [1.54, 1.807) is 50.1 Å². The van der Waals surface area contributed by atoms with Gasteiger partial charge in [-0.2, -0.15) is 5.26 Å². The molecule has 2 aromatic rings. The van der Waals surface area contributed by atoms with E-state index in [1.807, 2.05) is 0 Å². The highest BCUT2D eigenvalue weighted by Crippen LogP contribution is 2.51. The first kappa shape index (κ1) is 26.4. The van der Waals surface area contributed by atoms with Crippen molar-refractivity contribution in [1.82, 2.24) is 10.2 Å². The number of carbonyl (C=O) groups excluding carboxylic acids is 1. The molecule has 1 fully saturated rings. The standard InChI is InChI=1S/C27H31N5O4S2/c1-34-20-13-22(36-3)21(35-2)12-16(20)23-17(14-28)25(29)32(18-10-7-11-19(33)24(18)23)26-30-31-27(38-26)37-15-8-5-4-6-9-15/h12-13,15,23H,4-11,29H2,1-3H3. The van der Waals surface area contributed by atoms with Crippen molar-refractivity contribution in [3.05, 3.63) is 40.4 Å². The molecule has 1 saturated carbocycles. The van der Waals surface area contributed by atoms with Crippen molar-refractivity contribution in [1.29, 1.82) is 5.26 Å². The maximum Gasteiger partial charge on any atom is 0.219 e. The molecule has 0 amide bonds. The Kier molecular flexibility index (Phi) is 7.81. The second-order valence-electron chi connectivity index (χ2n) is 9.49. The molecule has 2 N–H and O–H groups in total. The largest absolute Gasteiger partial charge is 0.496 e. The van der Waals surface area contributed by atoms with Crippen LogP contribution in [0.1, 0.15) is 62.8 Å². The molecule has 0 radical (unpaired) electrons. The average molecular weight is 554 g/mol. The first-order valence-electron chi connectivity index (χ1n) is 12.8. The topological polar surface area (TPSA) is 124 Å². The first-order valence-corrected chi connectivity index (χ1v) is 14.5. The molecule has 1 atom stereocenters. The minimum absolute atomic E-state index is 0.0142. The summed E-state index contributed by atoms with van der Waals surface area (Å²) in [7, 11) is 4.63. The summed E-state index contributed by atoms with van der Waals surface area (Å²) in [4.78, 5) is 15.3. The predicted molar refractivity (Wildman–Crippen MR) is 147 cm³/mol. The number of thioether (sulfide) groups is 1. The lowest BCUT2D eigenvalue weighted by Gasteiger charge is -2.38. The fourth-order valence-corrected chi connectivity index (χ4v) is 7.95. The van der Waals surface area contributed by atoms with Gasteiger partial charge in [0, 0.05) is 34.6 Å². The fourth-order valence-electron chi connectivity index (χ4n) is 5.56. The lowest BCUT2D eigenvalue weighted by atomic mass is 9.75. The highest BCUT2D eigenvalue weighted by molar-refractivity contribution is 8.01. The molecule has 2 heterocycles. The quantitative estimate of drug-likeness (QED) is 0.483. The number of rotatable bonds is 7. The van der Waals surface area contributed by atoms with Gasteiger partial charge in [-0.3, -0.25) is 9.69 Å². The van der Waals surface area contributed by atoms with E-state index >= 15 is 0 Å². The van der Waals surface area contributed by atoms with Crippen LogP contribution >= 0.6 is 23.1 Å². The second kappa shape index (κ2) is 11.3. The Morgan fingerprint density at radius 3 is 2.42 bits per heavy atom. The highest BCUT2D eigenvalue weighted by atomic mass is 32.2. The summed E-state index contributed by atoms with van der Waals surface area (Å²) in [5.74, 6) is 0.988. The molecular weight excluding hydrogens is 522 g/mol. The fraction of sp³-hybridized carbons (Fsp3) is 0.481. The van der Waals surface area contributed by atoms with Gasteiger partial charge < -0.3 is 19.9 Å². The number of nitriles is 1. The lowest BCUT2D eigenvalue weighted by molar-refractivity contribution is -0.116. The third-order valence-electron chi connectivity index (χ3n) is 7.37. The van der Waals surface area contributed by atoms with Crippen LogP contribution in [0, 0.1) is 11.3 Å². The Balaban J connectivity index is 1.62. The molecular formula is C27H31N5O4S2. The summed E-state index contributed by atoms with van der Waals surface area (Å²) in [6.45, 7) is 0. The van der Waals surface area contributed by atoms with Gasteiger partial charge in [0.15, 0.2) is 21.6 Å². The van der Waals surface area contributed by atoms with Crippen molar-refractivity contribution in [2.45, 2.75) is 66.9 Å². The Hall–Kier alpha value is -3.23. The summed E-state index contributed by atoms with van der Waals surface area (Å²) >= 11 is 3.23. The predicted octanol–water partition coefficient (Wildman–Crippen LogP) is 5.29. The number of aromatic nitrogens is 2. The van der Waals surface area contributed by atoms with Crippen LogP contribution in [0.15, 0.2) is 39.1 Å². The van der Waals surface area contributed by atoms with Gasteiger partial charge in [-0.1, -0.05) is 42.4 Å². The monoisotopic (exact) mass is 553 g/mol. The van der Waals surface area contributed by atoms with Gasteiger partial charge in [-0.05, 0) is 31.7 Å². The average Bonchev–Trinajstić information content (AvgIpc) is 3.39. The van der Waals surface area contributed by atoms with Crippen LogP contribution in [-0.2, 0) is 4.79 Å². The van der Waals surface area contributed by atoms with Crippen LogP contribution in [0.5, 0.6) is 17.2 Å². The van der Waals surface area contributed by atoms with Crippen LogP contribution in [0.2, 0.25) is 0 Å². The van der Waals surface area contributed by atoms with Crippen molar-refractivity contribution >= 4 is 34.0 Å². The van der Waals surface area contributed by atoms with Crippen molar-refractivity contribution in [2.75, 3.05) is 26.2 Å². The molecule has 1 aromatic carbocycles. The van der Waals surface area contributed by atoms with E-state index in [2.05, 4.69) is 16.3 Å². The van der Waals surface area contributed by atoms with Gasteiger partial charge in [0.1, 0.15) is 11.6 Å². The molecule has 1 aliphatic heterocycles. The number of anilines is 1.